The molecular weight excluding hydrogens is 328 g/mol. The number of nitrogens with zero attached hydrogens (tertiary/aromatic N) is 3. The average Bonchev–Trinajstić information content (AvgIpc) is 2.97. The van der Waals surface area contributed by atoms with Crippen molar-refractivity contribution < 1.29 is 13.0 Å². The molecule has 9 heteroatoms. The predicted octanol–water partition coefficient (Wildman–Crippen LogP) is 1.89. The van der Waals surface area contributed by atoms with E-state index in [1.807, 2.05) is 0 Å². The van der Waals surface area contributed by atoms with Gasteiger partial charge < -0.3 is 4.90 Å². The molecule has 0 unspecified atom stereocenters. The highest BCUT2D eigenvalue weighted by Gasteiger charge is 2.21. The van der Waals surface area contributed by atoms with Gasteiger partial charge in [0.2, 0.25) is 10.0 Å². The van der Waals surface area contributed by atoms with Crippen LogP contribution < -0.4 is 4.72 Å². The summed E-state index contributed by atoms with van der Waals surface area (Å²) in [5, 5.41) is 7.55. The molecule has 0 saturated heterocycles. The summed E-state index contributed by atoms with van der Waals surface area (Å²) in [6.45, 7) is 7.26. The third kappa shape index (κ3) is 3.75. The van der Waals surface area contributed by atoms with Gasteiger partial charge in [0.05, 0.1) is 5.02 Å². The van der Waals surface area contributed by atoms with Crippen molar-refractivity contribution in [1.82, 2.24) is 19.9 Å². The standard InChI is InChI=1S/C13H19ClN4O3S/c1-3-18(4-2)9-5-8-15-22(19,20)11-7-6-10(14)12-13(11)17-21-16-12/h6-7,15H,3-5,8-9H2,1-2H3. The molecular formula is C13H19ClN4O3S. The van der Waals surface area contributed by atoms with Crippen LogP contribution in [0.15, 0.2) is 21.7 Å². The Kier molecular flexibility index (Phi) is 5.74. The molecule has 0 spiro atoms. The van der Waals surface area contributed by atoms with E-state index in [-0.39, 0.29) is 15.9 Å². The summed E-state index contributed by atoms with van der Waals surface area (Å²) in [7, 11) is -3.67. The first-order chi connectivity index (χ1) is 10.5. The Balaban J connectivity index is 2.07. The highest BCUT2D eigenvalue weighted by molar-refractivity contribution is 7.89. The molecule has 1 N–H and O–H groups in total. The maximum atomic E-state index is 12.4. The maximum Gasteiger partial charge on any atom is 0.242 e. The minimum atomic E-state index is -3.67. The average molecular weight is 347 g/mol. The summed E-state index contributed by atoms with van der Waals surface area (Å²) in [6.07, 6.45) is 0.731. The first-order valence-electron chi connectivity index (χ1n) is 7.12. The second-order valence-electron chi connectivity index (χ2n) is 4.79. The van der Waals surface area contributed by atoms with E-state index in [9.17, 15) is 8.42 Å². The molecule has 0 amide bonds. The number of hydrogen-bond donors (Lipinski definition) is 1. The van der Waals surface area contributed by atoms with Crippen molar-refractivity contribution in [2.75, 3.05) is 26.2 Å². The van der Waals surface area contributed by atoms with Crippen LogP contribution in [0.2, 0.25) is 5.02 Å². The van der Waals surface area contributed by atoms with Crippen LogP contribution in [0, 0.1) is 0 Å². The van der Waals surface area contributed by atoms with Crippen molar-refractivity contribution in [1.29, 1.82) is 0 Å². The van der Waals surface area contributed by atoms with Gasteiger partial charge in [0, 0.05) is 6.54 Å². The molecule has 0 atom stereocenters. The van der Waals surface area contributed by atoms with Gasteiger partial charge in [-0.25, -0.2) is 17.8 Å². The molecule has 0 radical (unpaired) electrons. The van der Waals surface area contributed by atoms with Crippen molar-refractivity contribution in [3.8, 4) is 0 Å². The van der Waals surface area contributed by atoms with Gasteiger partial charge >= 0.3 is 0 Å². The van der Waals surface area contributed by atoms with Gasteiger partial charge in [0.1, 0.15) is 4.90 Å². The second kappa shape index (κ2) is 7.36. The molecule has 0 bridgehead atoms. The van der Waals surface area contributed by atoms with Crippen LogP contribution in [0.3, 0.4) is 0 Å². The van der Waals surface area contributed by atoms with Gasteiger partial charge in [-0.05, 0) is 48.5 Å². The van der Waals surface area contributed by atoms with Crippen LogP contribution in [0.5, 0.6) is 0 Å². The molecule has 122 valence electrons. The number of nitrogens with one attached hydrogen (secondary N) is 1. The number of halogens is 1. The van der Waals surface area contributed by atoms with Gasteiger partial charge in [-0.2, -0.15) is 0 Å². The number of aromatic nitrogens is 2. The summed E-state index contributed by atoms with van der Waals surface area (Å²) in [6, 6.07) is 2.88. The number of hydrogen-bond acceptors (Lipinski definition) is 6. The van der Waals surface area contributed by atoms with Crippen LogP contribution in [0.4, 0.5) is 0 Å². The van der Waals surface area contributed by atoms with E-state index < -0.39 is 10.0 Å². The molecule has 2 rings (SSSR count). The van der Waals surface area contributed by atoms with E-state index in [1.54, 1.807) is 0 Å². The fraction of sp³-hybridized carbons (Fsp3) is 0.538. The Labute approximate surface area is 134 Å². The molecule has 0 aliphatic rings. The first kappa shape index (κ1) is 17.1. The lowest BCUT2D eigenvalue weighted by molar-refractivity contribution is 0.300. The van der Waals surface area contributed by atoms with E-state index >= 15 is 0 Å². The van der Waals surface area contributed by atoms with Crippen LogP contribution >= 0.6 is 11.6 Å². The van der Waals surface area contributed by atoms with Crippen molar-refractivity contribution >= 4 is 32.7 Å². The fourth-order valence-electron chi connectivity index (χ4n) is 2.16. The smallest absolute Gasteiger partial charge is 0.242 e. The molecule has 0 aliphatic carbocycles. The maximum absolute atomic E-state index is 12.4. The number of rotatable bonds is 8. The van der Waals surface area contributed by atoms with Crippen molar-refractivity contribution in [2.45, 2.75) is 25.2 Å². The monoisotopic (exact) mass is 346 g/mol. The number of sulfonamides is 1. The second-order valence-corrected chi connectivity index (χ2v) is 6.93. The van der Waals surface area contributed by atoms with Gasteiger partial charge in [0.25, 0.3) is 0 Å². The summed E-state index contributed by atoms with van der Waals surface area (Å²) < 4.78 is 31.9. The van der Waals surface area contributed by atoms with Crippen molar-refractivity contribution in [3.63, 3.8) is 0 Å². The molecule has 7 nitrogen and oxygen atoms in total. The third-order valence-corrected chi connectivity index (χ3v) is 5.25. The topological polar surface area (TPSA) is 88.3 Å². The highest BCUT2D eigenvalue weighted by Crippen LogP contribution is 2.26. The zero-order valence-electron chi connectivity index (χ0n) is 12.5. The van der Waals surface area contributed by atoms with Crippen LogP contribution in [0.1, 0.15) is 20.3 Å². The minimum Gasteiger partial charge on any atom is -0.304 e. The quantitative estimate of drug-likeness (QED) is 0.734. The minimum absolute atomic E-state index is 0.0241. The van der Waals surface area contributed by atoms with E-state index in [1.165, 1.54) is 12.1 Å². The Morgan fingerprint density at radius 3 is 2.59 bits per heavy atom. The van der Waals surface area contributed by atoms with Gasteiger partial charge in [-0.15, -0.1) is 0 Å². The molecule has 0 saturated carbocycles. The first-order valence-corrected chi connectivity index (χ1v) is 8.98. The Morgan fingerprint density at radius 2 is 1.91 bits per heavy atom. The van der Waals surface area contributed by atoms with E-state index in [2.05, 4.69) is 38.4 Å². The Morgan fingerprint density at radius 1 is 1.23 bits per heavy atom. The Hall–Kier alpha value is -1.22. The van der Waals surface area contributed by atoms with E-state index in [0.29, 0.717) is 11.6 Å². The molecule has 22 heavy (non-hydrogen) atoms. The van der Waals surface area contributed by atoms with Gasteiger partial charge in [-0.3, -0.25) is 0 Å². The lowest BCUT2D eigenvalue weighted by atomic mass is 10.3. The summed E-state index contributed by atoms with van der Waals surface area (Å²) in [4.78, 5) is 2.26. The molecule has 1 heterocycles. The largest absolute Gasteiger partial charge is 0.304 e. The molecule has 0 aliphatic heterocycles. The normalized spacial score (nSPS) is 12.4. The molecule has 1 aromatic carbocycles. The zero-order valence-corrected chi connectivity index (χ0v) is 14.1. The summed E-state index contributed by atoms with van der Waals surface area (Å²) >= 11 is 5.93. The van der Waals surface area contributed by atoms with Crippen LogP contribution in [-0.4, -0.2) is 49.8 Å². The highest BCUT2D eigenvalue weighted by atomic mass is 35.5. The summed E-state index contributed by atoms with van der Waals surface area (Å²) in [5.74, 6) is 0. The molecule has 2 aromatic rings. The zero-order chi connectivity index (χ0) is 16.2. The lowest BCUT2D eigenvalue weighted by Crippen LogP contribution is -2.30. The lowest BCUT2D eigenvalue weighted by Gasteiger charge is -2.17. The van der Waals surface area contributed by atoms with Gasteiger partial charge in [0.15, 0.2) is 11.0 Å². The SMILES string of the molecule is CCN(CC)CCCNS(=O)(=O)c1ccc(Cl)c2nonc12. The van der Waals surface area contributed by atoms with E-state index in [4.69, 9.17) is 11.6 Å². The molecule has 0 fully saturated rings. The Bertz CT molecular complexity index is 728. The van der Waals surface area contributed by atoms with Crippen LogP contribution in [0.25, 0.3) is 11.0 Å². The van der Waals surface area contributed by atoms with Gasteiger partial charge in [-0.1, -0.05) is 25.4 Å². The third-order valence-electron chi connectivity index (χ3n) is 3.46. The van der Waals surface area contributed by atoms with E-state index in [0.717, 1.165) is 26.1 Å². The summed E-state index contributed by atoms with van der Waals surface area (Å²) in [5.41, 5.74) is 0.386. The predicted molar refractivity (Wildman–Crippen MR) is 84.4 cm³/mol. The number of benzene rings is 1. The number of fused-ring (bicyclic) bond motifs is 1. The van der Waals surface area contributed by atoms with Crippen molar-refractivity contribution in [2.24, 2.45) is 0 Å². The van der Waals surface area contributed by atoms with Crippen LogP contribution in [-0.2, 0) is 10.0 Å². The molecule has 1 aromatic heterocycles. The fourth-order valence-corrected chi connectivity index (χ4v) is 3.55. The van der Waals surface area contributed by atoms with Crippen molar-refractivity contribution in [3.05, 3.63) is 17.2 Å².